The molecule has 1 N–H and O–H groups in total. The first-order valence-corrected chi connectivity index (χ1v) is 7.33. The maximum absolute atomic E-state index is 6.09. The molecule has 19 heavy (non-hydrogen) atoms. The lowest BCUT2D eigenvalue weighted by Crippen LogP contribution is -2.24. The van der Waals surface area contributed by atoms with Crippen LogP contribution in [0.25, 0.3) is 0 Å². The molecular weight excluding hydrogens is 351 g/mol. The van der Waals surface area contributed by atoms with E-state index in [0.29, 0.717) is 14.6 Å². The summed E-state index contributed by atoms with van der Waals surface area (Å²) in [6, 6.07) is 5.55. The third-order valence-corrected chi connectivity index (χ3v) is 4.09. The highest BCUT2D eigenvalue weighted by atomic mass is 79.9. The summed E-state index contributed by atoms with van der Waals surface area (Å²) < 4.78 is 2.45. The number of hydrogen-bond acceptors (Lipinski definition) is 3. The minimum Gasteiger partial charge on any atom is -0.305 e. The van der Waals surface area contributed by atoms with Gasteiger partial charge in [0.1, 0.15) is 0 Å². The smallest absolute Gasteiger partial charge is 0.153 e. The van der Waals surface area contributed by atoms with E-state index in [2.05, 4.69) is 31.6 Å². The summed E-state index contributed by atoms with van der Waals surface area (Å²) in [4.78, 5) is 0. The van der Waals surface area contributed by atoms with Crippen LogP contribution in [0.4, 0.5) is 0 Å². The van der Waals surface area contributed by atoms with Crippen LogP contribution in [0, 0.1) is 0 Å². The van der Waals surface area contributed by atoms with E-state index in [0.717, 1.165) is 17.8 Å². The molecule has 1 aromatic heterocycles. The molecule has 1 heterocycles. The zero-order valence-electron chi connectivity index (χ0n) is 10.5. The molecule has 0 amide bonds. The van der Waals surface area contributed by atoms with E-state index in [1.54, 1.807) is 10.7 Å². The minimum absolute atomic E-state index is 0.0471. The van der Waals surface area contributed by atoms with Gasteiger partial charge in [-0.25, -0.2) is 4.68 Å². The Morgan fingerprint density at radius 3 is 2.63 bits per heavy atom. The van der Waals surface area contributed by atoms with Gasteiger partial charge in [0.25, 0.3) is 0 Å². The van der Waals surface area contributed by atoms with Gasteiger partial charge in [-0.1, -0.05) is 41.4 Å². The van der Waals surface area contributed by atoms with Crippen molar-refractivity contribution < 1.29 is 0 Å². The first-order chi connectivity index (χ1) is 9.04. The highest BCUT2D eigenvalue weighted by Crippen LogP contribution is 2.31. The topological polar surface area (TPSA) is 42.7 Å². The van der Waals surface area contributed by atoms with E-state index in [1.165, 1.54) is 0 Å². The molecule has 1 unspecified atom stereocenters. The van der Waals surface area contributed by atoms with E-state index in [1.807, 2.05) is 26.1 Å². The molecule has 7 heteroatoms. The van der Waals surface area contributed by atoms with Gasteiger partial charge >= 0.3 is 0 Å². The van der Waals surface area contributed by atoms with Gasteiger partial charge in [-0.05, 0) is 40.2 Å². The molecule has 2 aromatic rings. The van der Waals surface area contributed by atoms with Crippen LogP contribution in [0.15, 0.2) is 22.8 Å². The number of hydrogen-bond donors (Lipinski definition) is 1. The van der Waals surface area contributed by atoms with Crippen LogP contribution in [0.3, 0.4) is 0 Å². The van der Waals surface area contributed by atoms with Gasteiger partial charge in [-0.15, -0.1) is 5.10 Å². The second-order valence-corrected chi connectivity index (χ2v) is 5.62. The van der Waals surface area contributed by atoms with Crippen molar-refractivity contribution in [2.45, 2.75) is 13.0 Å². The molecule has 2 rings (SSSR count). The highest BCUT2D eigenvalue weighted by Gasteiger charge is 2.21. The van der Waals surface area contributed by atoms with Crippen molar-refractivity contribution >= 4 is 39.1 Å². The Bertz CT molecular complexity index is 566. The number of aryl methyl sites for hydroxylation is 1. The third-order valence-electron chi connectivity index (χ3n) is 2.79. The fourth-order valence-corrected chi connectivity index (χ4v) is 2.78. The normalized spacial score (nSPS) is 12.7. The Hall–Kier alpha value is -0.620. The first-order valence-electron chi connectivity index (χ1n) is 5.78. The van der Waals surface area contributed by atoms with Crippen LogP contribution in [0.5, 0.6) is 0 Å². The molecule has 0 aliphatic rings. The largest absolute Gasteiger partial charge is 0.305 e. The van der Waals surface area contributed by atoms with Crippen molar-refractivity contribution in [3.05, 3.63) is 44.1 Å². The van der Waals surface area contributed by atoms with Crippen molar-refractivity contribution in [1.29, 1.82) is 0 Å². The molecule has 0 aliphatic heterocycles. The van der Waals surface area contributed by atoms with Gasteiger partial charge in [0, 0.05) is 7.05 Å². The molecule has 0 saturated carbocycles. The molecular formula is C12H13BrCl2N4. The number of halogens is 3. The Labute approximate surface area is 130 Å². The lowest BCUT2D eigenvalue weighted by Gasteiger charge is -2.19. The lowest BCUT2D eigenvalue weighted by atomic mass is 10.0. The van der Waals surface area contributed by atoms with Crippen LogP contribution in [-0.4, -0.2) is 21.5 Å². The van der Waals surface area contributed by atoms with Crippen molar-refractivity contribution in [1.82, 2.24) is 20.3 Å². The highest BCUT2D eigenvalue weighted by molar-refractivity contribution is 9.10. The summed E-state index contributed by atoms with van der Waals surface area (Å²) >= 11 is 15.5. The Balaban J connectivity index is 2.48. The monoisotopic (exact) mass is 362 g/mol. The molecule has 0 bridgehead atoms. The summed E-state index contributed by atoms with van der Waals surface area (Å²) in [5.74, 6) is 0. The quantitative estimate of drug-likeness (QED) is 0.902. The second-order valence-electron chi connectivity index (χ2n) is 4.05. The van der Waals surface area contributed by atoms with Crippen molar-refractivity contribution in [2.75, 3.05) is 6.54 Å². The number of nitrogens with zero attached hydrogens (tertiary/aromatic N) is 3. The van der Waals surface area contributed by atoms with Gasteiger partial charge in [-0.3, -0.25) is 0 Å². The number of nitrogens with one attached hydrogen (secondary N) is 1. The molecule has 0 aliphatic carbocycles. The van der Waals surface area contributed by atoms with Gasteiger partial charge in [0.05, 0.1) is 21.8 Å². The Morgan fingerprint density at radius 2 is 2.11 bits per heavy atom. The van der Waals surface area contributed by atoms with Gasteiger partial charge < -0.3 is 5.32 Å². The molecule has 0 fully saturated rings. The van der Waals surface area contributed by atoms with Crippen LogP contribution >= 0.6 is 39.1 Å². The summed E-state index contributed by atoms with van der Waals surface area (Å²) in [6.07, 6.45) is 0. The molecule has 0 spiro atoms. The zero-order valence-corrected chi connectivity index (χ0v) is 13.6. The van der Waals surface area contributed by atoms with Gasteiger partial charge in [-0.2, -0.15) is 0 Å². The summed E-state index contributed by atoms with van der Waals surface area (Å²) in [7, 11) is 1.86. The number of rotatable bonds is 4. The van der Waals surface area contributed by atoms with Crippen LogP contribution in [-0.2, 0) is 7.05 Å². The summed E-state index contributed by atoms with van der Waals surface area (Å²) in [5.41, 5.74) is 1.96. The molecule has 4 nitrogen and oxygen atoms in total. The standard InChI is InChI=1S/C12H13BrCl2N4/c1-3-16-10(11-12(13)17-18-19(11)2)7-4-5-8(14)9(15)6-7/h4-6,10,16H,3H2,1-2H3. The van der Waals surface area contributed by atoms with Gasteiger partial charge in [0.15, 0.2) is 4.60 Å². The predicted octanol–water partition coefficient (Wildman–Crippen LogP) is 3.58. The molecule has 0 saturated heterocycles. The summed E-state index contributed by atoms with van der Waals surface area (Å²) in [6.45, 7) is 2.85. The maximum Gasteiger partial charge on any atom is 0.153 e. The van der Waals surface area contributed by atoms with Crippen molar-refractivity contribution in [3.8, 4) is 0 Å². The molecule has 1 aromatic carbocycles. The fourth-order valence-electron chi connectivity index (χ4n) is 1.91. The zero-order chi connectivity index (χ0) is 14.0. The first kappa shape index (κ1) is 14.8. The van der Waals surface area contributed by atoms with E-state index >= 15 is 0 Å². The van der Waals surface area contributed by atoms with E-state index in [-0.39, 0.29) is 6.04 Å². The van der Waals surface area contributed by atoms with E-state index in [9.17, 15) is 0 Å². The molecule has 102 valence electrons. The Kier molecular flexibility index (Phi) is 4.84. The SMILES string of the molecule is CCNC(c1ccc(Cl)c(Cl)c1)c1c(Br)nnn1C. The second kappa shape index (κ2) is 6.22. The lowest BCUT2D eigenvalue weighted by molar-refractivity contribution is 0.567. The Morgan fingerprint density at radius 1 is 1.37 bits per heavy atom. The average Bonchev–Trinajstić information content (AvgIpc) is 2.70. The van der Waals surface area contributed by atoms with E-state index < -0.39 is 0 Å². The van der Waals surface area contributed by atoms with Crippen molar-refractivity contribution in [2.24, 2.45) is 7.05 Å². The molecule has 0 radical (unpaired) electrons. The number of benzene rings is 1. The van der Waals surface area contributed by atoms with E-state index in [4.69, 9.17) is 23.2 Å². The number of aromatic nitrogens is 3. The van der Waals surface area contributed by atoms with Crippen molar-refractivity contribution in [3.63, 3.8) is 0 Å². The maximum atomic E-state index is 6.09. The van der Waals surface area contributed by atoms with Crippen LogP contribution < -0.4 is 5.32 Å². The predicted molar refractivity (Wildman–Crippen MR) is 80.7 cm³/mol. The van der Waals surface area contributed by atoms with Crippen LogP contribution in [0.1, 0.15) is 24.2 Å². The third kappa shape index (κ3) is 3.11. The average molecular weight is 364 g/mol. The fraction of sp³-hybridized carbons (Fsp3) is 0.333. The molecule has 1 atom stereocenters. The van der Waals surface area contributed by atoms with Crippen LogP contribution in [0.2, 0.25) is 10.0 Å². The van der Waals surface area contributed by atoms with Gasteiger partial charge in [0.2, 0.25) is 0 Å². The summed E-state index contributed by atoms with van der Waals surface area (Å²) in [5, 5.41) is 12.5. The minimum atomic E-state index is -0.0471.